The third-order valence-electron chi connectivity index (χ3n) is 2.90. The lowest BCUT2D eigenvalue weighted by Crippen LogP contribution is -2.48. The van der Waals surface area contributed by atoms with Crippen molar-refractivity contribution in [3.05, 3.63) is 11.4 Å². The Morgan fingerprint density at radius 2 is 2.00 bits per heavy atom. The van der Waals surface area contributed by atoms with E-state index in [2.05, 4.69) is 25.8 Å². The Labute approximate surface area is 100 Å². The summed E-state index contributed by atoms with van der Waals surface area (Å²) in [5.41, 5.74) is 1.81. The van der Waals surface area contributed by atoms with E-state index in [4.69, 9.17) is 0 Å². The van der Waals surface area contributed by atoms with Gasteiger partial charge in [-0.25, -0.2) is 4.98 Å². The molecule has 2 heterocycles. The lowest BCUT2D eigenvalue weighted by atomic mass is 10.0. The van der Waals surface area contributed by atoms with E-state index in [0.29, 0.717) is 5.95 Å². The molecule has 0 radical (unpaired) electrons. The van der Waals surface area contributed by atoms with Crippen LogP contribution in [0.5, 0.6) is 0 Å². The molecule has 1 aliphatic rings. The van der Waals surface area contributed by atoms with Crippen LogP contribution in [0.3, 0.4) is 0 Å². The third-order valence-corrected chi connectivity index (χ3v) is 2.90. The second-order valence-corrected chi connectivity index (χ2v) is 4.08. The van der Waals surface area contributed by atoms with Gasteiger partial charge in [-0.15, -0.1) is 10.2 Å². The fourth-order valence-electron chi connectivity index (χ4n) is 1.68. The van der Waals surface area contributed by atoms with Gasteiger partial charge in [0, 0.05) is 13.1 Å². The second-order valence-electron chi connectivity index (χ2n) is 4.08. The van der Waals surface area contributed by atoms with E-state index in [1.165, 1.54) is 0 Å². The molecule has 1 fully saturated rings. The number of rotatable bonds is 4. The fourth-order valence-corrected chi connectivity index (χ4v) is 1.68. The summed E-state index contributed by atoms with van der Waals surface area (Å²) in [5.74, 6) is 0.322. The molecule has 92 valence electrons. The topological polar surface area (TPSA) is 79.8 Å². The lowest BCUT2D eigenvalue weighted by molar-refractivity contribution is -0.121. The van der Waals surface area contributed by atoms with E-state index in [0.717, 1.165) is 37.3 Å². The summed E-state index contributed by atoms with van der Waals surface area (Å²) in [4.78, 5) is 16.0. The highest BCUT2D eigenvalue weighted by Gasteiger charge is 2.25. The number of amides is 1. The number of aryl methyl sites for hydroxylation is 2. The third kappa shape index (κ3) is 2.58. The van der Waals surface area contributed by atoms with Crippen molar-refractivity contribution in [1.29, 1.82) is 0 Å². The van der Waals surface area contributed by atoms with Crippen LogP contribution >= 0.6 is 0 Å². The molecule has 0 aromatic carbocycles. The molecular weight excluding hydrogens is 218 g/mol. The number of hydrogen-bond donors (Lipinski definition) is 2. The summed E-state index contributed by atoms with van der Waals surface area (Å²) in [5, 5.41) is 13.8. The maximum atomic E-state index is 11.7. The molecular formula is C11H17N5O. The quantitative estimate of drug-likeness (QED) is 0.776. The smallest absolute Gasteiger partial charge is 0.249 e. The number of carbonyl (C=O) groups excluding carboxylic acids is 1. The molecule has 17 heavy (non-hydrogen) atoms. The molecule has 2 rings (SSSR count). The summed E-state index contributed by atoms with van der Waals surface area (Å²) in [7, 11) is 0. The average molecular weight is 235 g/mol. The maximum Gasteiger partial charge on any atom is 0.249 e. The van der Waals surface area contributed by atoms with Crippen LogP contribution in [0.2, 0.25) is 0 Å². The Balaban J connectivity index is 2.07. The number of carbonyl (C=O) groups is 1. The van der Waals surface area contributed by atoms with Gasteiger partial charge in [0.05, 0.1) is 17.3 Å². The number of aromatic nitrogens is 3. The standard InChI is InChI=1S/C11H17N5O/c1-3-8-9(4-2)15-16-11(13-8)14-10(17)7-5-12-6-7/h7,12H,3-6H2,1-2H3,(H,13,14,16,17). The minimum Gasteiger partial charge on any atom is -0.315 e. The monoisotopic (exact) mass is 235 g/mol. The Morgan fingerprint density at radius 3 is 2.53 bits per heavy atom. The van der Waals surface area contributed by atoms with Gasteiger partial charge in [-0.1, -0.05) is 13.8 Å². The van der Waals surface area contributed by atoms with Crippen LogP contribution in [-0.2, 0) is 17.6 Å². The normalized spacial score (nSPS) is 15.4. The Bertz CT molecular complexity index is 416. The molecule has 0 aliphatic carbocycles. The molecule has 6 nitrogen and oxygen atoms in total. The van der Waals surface area contributed by atoms with Crippen molar-refractivity contribution in [3.8, 4) is 0 Å². The molecule has 1 aromatic heterocycles. The van der Waals surface area contributed by atoms with Gasteiger partial charge in [-0.2, -0.15) is 0 Å². The Hall–Kier alpha value is -1.56. The van der Waals surface area contributed by atoms with Gasteiger partial charge in [0.15, 0.2) is 0 Å². The second kappa shape index (κ2) is 5.18. The number of hydrogen-bond acceptors (Lipinski definition) is 5. The summed E-state index contributed by atoms with van der Waals surface area (Å²) in [6.45, 7) is 5.49. The van der Waals surface area contributed by atoms with Gasteiger partial charge in [-0.05, 0) is 12.8 Å². The van der Waals surface area contributed by atoms with E-state index in [9.17, 15) is 4.79 Å². The molecule has 0 saturated carbocycles. The summed E-state index contributed by atoms with van der Waals surface area (Å²) < 4.78 is 0. The van der Waals surface area contributed by atoms with E-state index >= 15 is 0 Å². The van der Waals surface area contributed by atoms with E-state index in [-0.39, 0.29) is 11.8 Å². The molecule has 0 bridgehead atoms. The molecule has 2 N–H and O–H groups in total. The first kappa shape index (κ1) is 11.9. The van der Waals surface area contributed by atoms with Gasteiger partial charge in [0.2, 0.25) is 11.9 Å². The number of anilines is 1. The van der Waals surface area contributed by atoms with Gasteiger partial charge in [0.1, 0.15) is 0 Å². The fraction of sp³-hybridized carbons (Fsp3) is 0.636. The Morgan fingerprint density at radius 1 is 1.29 bits per heavy atom. The van der Waals surface area contributed by atoms with Crippen LogP contribution in [0, 0.1) is 5.92 Å². The first-order valence-corrected chi connectivity index (χ1v) is 5.98. The zero-order chi connectivity index (χ0) is 12.3. The predicted octanol–water partition coefficient (Wildman–Crippen LogP) is 0.154. The zero-order valence-corrected chi connectivity index (χ0v) is 10.2. The van der Waals surface area contributed by atoms with Gasteiger partial charge >= 0.3 is 0 Å². The van der Waals surface area contributed by atoms with Crippen molar-refractivity contribution in [1.82, 2.24) is 20.5 Å². The molecule has 1 amide bonds. The van der Waals surface area contributed by atoms with Crippen molar-refractivity contribution in [2.24, 2.45) is 5.92 Å². The highest BCUT2D eigenvalue weighted by Crippen LogP contribution is 2.09. The van der Waals surface area contributed by atoms with Crippen molar-refractivity contribution < 1.29 is 4.79 Å². The van der Waals surface area contributed by atoms with Crippen molar-refractivity contribution in [3.63, 3.8) is 0 Å². The minimum absolute atomic E-state index is 0.0307. The van der Waals surface area contributed by atoms with Crippen molar-refractivity contribution in [2.75, 3.05) is 18.4 Å². The Kier molecular flexibility index (Phi) is 3.63. The van der Waals surface area contributed by atoms with Gasteiger partial charge < -0.3 is 5.32 Å². The molecule has 1 saturated heterocycles. The van der Waals surface area contributed by atoms with E-state index in [1.807, 2.05) is 13.8 Å². The predicted molar refractivity (Wildman–Crippen MR) is 63.6 cm³/mol. The average Bonchev–Trinajstić information content (AvgIpc) is 2.26. The zero-order valence-electron chi connectivity index (χ0n) is 10.2. The summed E-state index contributed by atoms with van der Waals surface area (Å²) in [6.07, 6.45) is 1.61. The van der Waals surface area contributed by atoms with E-state index in [1.54, 1.807) is 0 Å². The van der Waals surface area contributed by atoms with Crippen molar-refractivity contribution in [2.45, 2.75) is 26.7 Å². The van der Waals surface area contributed by atoms with E-state index < -0.39 is 0 Å². The molecule has 6 heteroatoms. The maximum absolute atomic E-state index is 11.7. The molecule has 0 spiro atoms. The summed E-state index contributed by atoms with van der Waals surface area (Å²) >= 11 is 0. The van der Waals surface area contributed by atoms with Crippen LogP contribution < -0.4 is 10.6 Å². The van der Waals surface area contributed by atoms with Crippen LogP contribution in [-0.4, -0.2) is 34.2 Å². The van der Waals surface area contributed by atoms with Gasteiger partial charge in [-0.3, -0.25) is 10.1 Å². The van der Waals surface area contributed by atoms with Crippen LogP contribution in [0.25, 0.3) is 0 Å². The van der Waals surface area contributed by atoms with Crippen LogP contribution in [0.15, 0.2) is 0 Å². The first-order valence-electron chi connectivity index (χ1n) is 5.98. The van der Waals surface area contributed by atoms with Crippen LogP contribution in [0.4, 0.5) is 5.95 Å². The van der Waals surface area contributed by atoms with Crippen molar-refractivity contribution >= 4 is 11.9 Å². The molecule has 1 aromatic rings. The van der Waals surface area contributed by atoms with Gasteiger partial charge in [0.25, 0.3) is 0 Å². The summed E-state index contributed by atoms with van der Waals surface area (Å²) in [6, 6.07) is 0. The lowest BCUT2D eigenvalue weighted by Gasteiger charge is -2.25. The highest BCUT2D eigenvalue weighted by molar-refractivity contribution is 5.91. The largest absolute Gasteiger partial charge is 0.315 e. The first-order chi connectivity index (χ1) is 8.24. The minimum atomic E-state index is -0.0307. The highest BCUT2D eigenvalue weighted by atomic mass is 16.2. The van der Waals surface area contributed by atoms with Crippen LogP contribution in [0.1, 0.15) is 25.2 Å². The molecule has 0 unspecified atom stereocenters. The molecule has 1 aliphatic heterocycles. The molecule has 0 atom stereocenters. The SMILES string of the molecule is CCc1nnc(NC(=O)C2CNC2)nc1CC. The number of nitrogens with zero attached hydrogens (tertiary/aromatic N) is 3. The number of nitrogens with one attached hydrogen (secondary N) is 2.